The molecule has 0 saturated heterocycles. The Hall–Kier alpha value is -2.63. The average molecular weight is 386 g/mol. The van der Waals surface area contributed by atoms with Gasteiger partial charge in [-0.2, -0.15) is 0 Å². The number of carbonyl (C=O) groups excluding carboxylic acids is 2. The van der Waals surface area contributed by atoms with Crippen LogP contribution in [0, 0.1) is 0 Å². The Bertz CT molecular complexity index is 937. The number of nitrogens with one attached hydrogen (secondary N) is 1. The van der Waals surface area contributed by atoms with Crippen LogP contribution < -0.4 is 5.32 Å². The maximum Gasteiger partial charge on any atom is 0.350 e. The van der Waals surface area contributed by atoms with Crippen LogP contribution in [0.15, 0.2) is 60.7 Å². The Morgan fingerprint density at radius 3 is 2.54 bits per heavy atom. The molecule has 0 aliphatic rings. The molecular weight excluding hydrogens is 370 g/mol. The number of anilines is 1. The van der Waals surface area contributed by atoms with Gasteiger partial charge in [0.15, 0.2) is 0 Å². The molecule has 0 spiro atoms. The minimum absolute atomic E-state index is 0.263. The number of hydrogen-bond donors (Lipinski definition) is 1. The minimum Gasteiger partial charge on any atom is -0.462 e. The van der Waals surface area contributed by atoms with Gasteiger partial charge in [-0.25, -0.2) is 4.79 Å². The molecule has 2 aromatic carbocycles. The standard InChI is InChI=1S/C20H16ClNO3S/c1-2-25-20(24)18-16(12-17(26-18)13-7-4-3-5-8-13)22-19(23)14-9-6-10-15(21)11-14/h3-12H,2H2,1H3,(H,22,23). The van der Waals surface area contributed by atoms with Gasteiger partial charge in [-0.15, -0.1) is 11.3 Å². The van der Waals surface area contributed by atoms with Gasteiger partial charge in [0.05, 0.1) is 12.3 Å². The van der Waals surface area contributed by atoms with Crippen molar-refractivity contribution in [1.29, 1.82) is 0 Å². The smallest absolute Gasteiger partial charge is 0.350 e. The summed E-state index contributed by atoms with van der Waals surface area (Å²) >= 11 is 7.23. The molecule has 0 aliphatic carbocycles. The number of esters is 1. The maximum atomic E-state index is 12.5. The Morgan fingerprint density at radius 1 is 1.08 bits per heavy atom. The number of rotatable bonds is 5. The summed E-state index contributed by atoms with van der Waals surface area (Å²) in [4.78, 5) is 26.1. The number of amides is 1. The van der Waals surface area contributed by atoms with E-state index in [4.69, 9.17) is 16.3 Å². The van der Waals surface area contributed by atoms with Crippen LogP contribution in [0.3, 0.4) is 0 Å². The molecule has 0 bridgehead atoms. The zero-order valence-electron chi connectivity index (χ0n) is 14.0. The second-order valence-corrected chi connectivity index (χ2v) is 6.89. The molecule has 1 aromatic heterocycles. The second kappa shape index (κ2) is 8.17. The molecule has 26 heavy (non-hydrogen) atoms. The van der Waals surface area contributed by atoms with E-state index in [-0.39, 0.29) is 12.5 Å². The summed E-state index contributed by atoms with van der Waals surface area (Å²) in [5.74, 6) is -0.795. The van der Waals surface area contributed by atoms with Crippen LogP contribution in [0.25, 0.3) is 10.4 Å². The molecule has 4 nitrogen and oxygen atoms in total. The molecule has 0 atom stereocenters. The van der Waals surface area contributed by atoms with Crippen LogP contribution in [0.2, 0.25) is 5.02 Å². The van der Waals surface area contributed by atoms with Crippen molar-refractivity contribution in [3.63, 3.8) is 0 Å². The highest BCUT2D eigenvalue weighted by molar-refractivity contribution is 7.18. The van der Waals surface area contributed by atoms with Crippen molar-refractivity contribution in [2.24, 2.45) is 0 Å². The van der Waals surface area contributed by atoms with Gasteiger partial charge in [-0.3, -0.25) is 4.79 Å². The van der Waals surface area contributed by atoms with E-state index in [1.54, 1.807) is 37.3 Å². The number of halogens is 1. The topological polar surface area (TPSA) is 55.4 Å². The van der Waals surface area contributed by atoms with Crippen LogP contribution in [0.5, 0.6) is 0 Å². The third-order valence-electron chi connectivity index (χ3n) is 3.59. The predicted octanol–water partition coefficient (Wildman–Crippen LogP) is 5.50. The first kappa shape index (κ1) is 18.2. The quantitative estimate of drug-likeness (QED) is 0.590. The van der Waals surface area contributed by atoms with Crippen molar-refractivity contribution >= 4 is 40.5 Å². The SMILES string of the molecule is CCOC(=O)c1sc(-c2ccccc2)cc1NC(=O)c1cccc(Cl)c1. The number of carbonyl (C=O) groups is 2. The summed E-state index contributed by atoms with van der Waals surface area (Å²) in [7, 11) is 0. The molecular formula is C20H16ClNO3S. The van der Waals surface area contributed by atoms with Crippen molar-refractivity contribution in [2.75, 3.05) is 11.9 Å². The molecule has 0 fully saturated rings. The summed E-state index contributed by atoms with van der Waals surface area (Å²) < 4.78 is 5.12. The Balaban J connectivity index is 1.95. The summed E-state index contributed by atoms with van der Waals surface area (Å²) in [6.07, 6.45) is 0. The monoisotopic (exact) mass is 385 g/mol. The fraction of sp³-hybridized carbons (Fsp3) is 0.100. The van der Waals surface area contributed by atoms with Gasteiger partial charge in [0.25, 0.3) is 5.91 Å². The molecule has 3 aromatic rings. The molecule has 3 rings (SSSR count). The van der Waals surface area contributed by atoms with Crippen LogP contribution in [-0.4, -0.2) is 18.5 Å². The highest BCUT2D eigenvalue weighted by Crippen LogP contribution is 2.35. The van der Waals surface area contributed by atoms with Gasteiger partial charge in [-0.05, 0) is 36.8 Å². The first-order valence-electron chi connectivity index (χ1n) is 8.01. The third-order valence-corrected chi connectivity index (χ3v) is 4.99. The Morgan fingerprint density at radius 2 is 1.85 bits per heavy atom. The number of benzene rings is 2. The lowest BCUT2D eigenvalue weighted by molar-refractivity contribution is 0.0533. The van der Waals surface area contributed by atoms with Crippen LogP contribution in [0.4, 0.5) is 5.69 Å². The molecule has 0 saturated carbocycles. The second-order valence-electron chi connectivity index (χ2n) is 5.40. The van der Waals surface area contributed by atoms with Crippen LogP contribution in [-0.2, 0) is 4.74 Å². The van der Waals surface area contributed by atoms with Crippen molar-refractivity contribution in [3.8, 4) is 10.4 Å². The van der Waals surface area contributed by atoms with Gasteiger partial charge >= 0.3 is 5.97 Å². The number of ether oxygens (including phenoxy) is 1. The van der Waals surface area contributed by atoms with Gasteiger partial charge in [0, 0.05) is 15.5 Å². The van der Waals surface area contributed by atoms with Crippen molar-refractivity contribution in [1.82, 2.24) is 0 Å². The summed E-state index contributed by atoms with van der Waals surface area (Å²) in [5.41, 5.74) is 1.81. The highest BCUT2D eigenvalue weighted by atomic mass is 35.5. The van der Waals surface area contributed by atoms with E-state index in [9.17, 15) is 9.59 Å². The third kappa shape index (κ3) is 4.12. The van der Waals surface area contributed by atoms with Gasteiger partial charge in [-0.1, -0.05) is 48.0 Å². The Kier molecular flexibility index (Phi) is 5.71. The molecule has 1 N–H and O–H groups in total. The first-order valence-corrected chi connectivity index (χ1v) is 9.21. The van der Waals surface area contributed by atoms with Gasteiger partial charge in [0.1, 0.15) is 4.88 Å². The van der Waals surface area contributed by atoms with E-state index < -0.39 is 5.97 Å². The van der Waals surface area contributed by atoms with Crippen molar-refractivity contribution < 1.29 is 14.3 Å². The van der Waals surface area contributed by atoms with E-state index in [1.165, 1.54) is 11.3 Å². The summed E-state index contributed by atoms with van der Waals surface area (Å²) in [6, 6.07) is 18.1. The van der Waals surface area contributed by atoms with E-state index in [1.807, 2.05) is 30.3 Å². The number of thiophene rings is 1. The molecule has 1 heterocycles. The zero-order valence-corrected chi connectivity index (χ0v) is 15.6. The van der Waals surface area contributed by atoms with Crippen LogP contribution >= 0.6 is 22.9 Å². The normalized spacial score (nSPS) is 10.4. The fourth-order valence-electron chi connectivity index (χ4n) is 2.40. The van der Waals surface area contributed by atoms with E-state index in [2.05, 4.69) is 5.32 Å². The van der Waals surface area contributed by atoms with E-state index >= 15 is 0 Å². The lowest BCUT2D eigenvalue weighted by atomic mass is 10.2. The lowest BCUT2D eigenvalue weighted by Crippen LogP contribution is -2.14. The predicted molar refractivity (Wildman–Crippen MR) is 105 cm³/mol. The van der Waals surface area contributed by atoms with Crippen LogP contribution in [0.1, 0.15) is 27.0 Å². The summed E-state index contributed by atoms with van der Waals surface area (Å²) in [5, 5.41) is 3.27. The molecule has 0 radical (unpaired) electrons. The fourth-order valence-corrected chi connectivity index (χ4v) is 3.60. The summed E-state index contributed by atoms with van der Waals surface area (Å²) in [6.45, 7) is 2.01. The minimum atomic E-state index is -0.457. The largest absolute Gasteiger partial charge is 0.462 e. The first-order chi connectivity index (χ1) is 12.6. The molecule has 1 amide bonds. The maximum absolute atomic E-state index is 12.5. The Labute approximate surface area is 160 Å². The van der Waals surface area contributed by atoms with Crippen molar-refractivity contribution in [2.45, 2.75) is 6.92 Å². The highest BCUT2D eigenvalue weighted by Gasteiger charge is 2.20. The van der Waals surface area contributed by atoms with Gasteiger partial charge < -0.3 is 10.1 Å². The average Bonchev–Trinajstić information content (AvgIpc) is 3.06. The lowest BCUT2D eigenvalue weighted by Gasteiger charge is -2.06. The van der Waals surface area contributed by atoms with E-state index in [0.717, 1.165) is 10.4 Å². The van der Waals surface area contributed by atoms with E-state index in [0.29, 0.717) is 21.2 Å². The molecule has 132 valence electrons. The molecule has 0 aliphatic heterocycles. The van der Waals surface area contributed by atoms with Gasteiger partial charge in [0.2, 0.25) is 0 Å². The molecule has 6 heteroatoms. The number of hydrogen-bond acceptors (Lipinski definition) is 4. The zero-order chi connectivity index (χ0) is 18.5. The molecule has 0 unspecified atom stereocenters. The van der Waals surface area contributed by atoms with Crippen molar-refractivity contribution in [3.05, 3.63) is 76.1 Å².